The molecule has 0 radical (unpaired) electrons. The third-order valence-corrected chi connectivity index (χ3v) is 1.60. The van der Waals surface area contributed by atoms with Crippen molar-refractivity contribution in [2.24, 2.45) is 0 Å². The number of carbonyl (C=O) groups excluding carboxylic acids is 1. The fourth-order valence-corrected chi connectivity index (χ4v) is 0.925. The number of alkyl halides is 2. The summed E-state index contributed by atoms with van der Waals surface area (Å²) in [5.41, 5.74) is 0. The van der Waals surface area contributed by atoms with Crippen LogP contribution in [0, 0.1) is 0 Å². The summed E-state index contributed by atoms with van der Waals surface area (Å²) in [5.74, 6) is -1.18. The lowest BCUT2D eigenvalue weighted by molar-refractivity contribution is -0.139. The predicted octanol–water partition coefficient (Wildman–Crippen LogP) is 0.804. The van der Waals surface area contributed by atoms with Crippen molar-refractivity contribution in [3.05, 3.63) is 0 Å². The summed E-state index contributed by atoms with van der Waals surface area (Å²) >= 11 is 0. The first-order valence-electron chi connectivity index (χ1n) is 4.52. The summed E-state index contributed by atoms with van der Waals surface area (Å²) in [7, 11) is 0. The molecule has 0 aromatic carbocycles. The third-order valence-electron chi connectivity index (χ3n) is 1.60. The molecule has 0 aliphatic carbocycles. The van der Waals surface area contributed by atoms with E-state index in [0.29, 0.717) is 6.42 Å². The Balaban J connectivity index is 3.94. The minimum absolute atomic E-state index is 0.261. The van der Waals surface area contributed by atoms with Gasteiger partial charge >= 0.3 is 12.0 Å². The van der Waals surface area contributed by atoms with Gasteiger partial charge in [-0.2, -0.15) is 0 Å². The monoisotopic (exact) mass is 224 g/mol. The van der Waals surface area contributed by atoms with Crippen LogP contribution in [-0.2, 0) is 4.79 Å². The number of hydrogen-bond acceptors (Lipinski definition) is 2. The van der Waals surface area contributed by atoms with Gasteiger partial charge in [0.25, 0.3) is 6.43 Å². The van der Waals surface area contributed by atoms with E-state index in [4.69, 9.17) is 5.11 Å². The van der Waals surface area contributed by atoms with Gasteiger partial charge in [0.05, 0.1) is 6.54 Å². The van der Waals surface area contributed by atoms with Gasteiger partial charge in [0.2, 0.25) is 0 Å². The minimum atomic E-state index is -2.65. The van der Waals surface area contributed by atoms with E-state index < -0.39 is 31.0 Å². The van der Waals surface area contributed by atoms with Crippen LogP contribution in [0.4, 0.5) is 13.6 Å². The number of carbonyl (C=O) groups is 2. The molecule has 3 N–H and O–H groups in total. The second kappa shape index (κ2) is 6.97. The van der Waals surface area contributed by atoms with Gasteiger partial charge in [-0.25, -0.2) is 18.4 Å². The van der Waals surface area contributed by atoms with Gasteiger partial charge in [0.15, 0.2) is 0 Å². The Bertz CT molecular complexity index is 224. The van der Waals surface area contributed by atoms with Crippen molar-refractivity contribution in [1.29, 1.82) is 0 Å². The molecule has 0 saturated heterocycles. The molecule has 1 atom stereocenters. The smallest absolute Gasteiger partial charge is 0.326 e. The average molecular weight is 224 g/mol. The second-order valence-corrected chi connectivity index (χ2v) is 2.92. The summed E-state index contributed by atoms with van der Waals surface area (Å²) < 4.78 is 23.4. The van der Waals surface area contributed by atoms with Crippen molar-refractivity contribution in [2.75, 3.05) is 6.54 Å². The van der Waals surface area contributed by atoms with Crippen molar-refractivity contribution >= 4 is 12.0 Å². The Morgan fingerprint density at radius 2 is 2.00 bits per heavy atom. The summed E-state index contributed by atoms with van der Waals surface area (Å²) in [6, 6.07) is -1.93. The van der Waals surface area contributed by atoms with Crippen LogP contribution in [0.2, 0.25) is 0 Å². The predicted molar refractivity (Wildman–Crippen MR) is 48.9 cm³/mol. The molecule has 0 saturated carbocycles. The normalized spacial score (nSPS) is 12.3. The molecule has 5 nitrogen and oxygen atoms in total. The molecule has 0 aliphatic heterocycles. The highest BCUT2D eigenvalue weighted by Gasteiger charge is 2.18. The first kappa shape index (κ1) is 13.6. The zero-order valence-electron chi connectivity index (χ0n) is 8.30. The maximum Gasteiger partial charge on any atom is 0.326 e. The molecule has 0 spiro atoms. The van der Waals surface area contributed by atoms with Gasteiger partial charge in [-0.15, -0.1) is 0 Å². The number of urea groups is 1. The number of carboxylic acid groups (broad SMARTS) is 1. The van der Waals surface area contributed by atoms with E-state index in [2.05, 4.69) is 5.32 Å². The van der Waals surface area contributed by atoms with Gasteiger partial charge in [-0.05, 0) is 6.42 Å². The van der Waals surface area contributed by atoms with Crippen LogP contribution in [0.5, 0.6) is 0 Å². The van der Waals surface area contributed by atoms with Gasteiger partial charge in [0, 0.05) is 0 Å². The topological polar surface area (TPSA) is 78.4 Å². The number of rotatable bonds is 6. The molecule has 15 heavy (non-hydrogen) atoms. The number of nitrogens with one attached hydrogen (secondary N) is 2. The highest BCUT2D eigenvalue weighted by molar-refractivity contribution is 5.82. The molecule has 1 unspecified atom stereocenters. The highest BCUT2D eigenvalue weighted by Crippen LogP contribution is 1.96. The molecule has 88 valence electrons. The van der Waals surface area contributed by atoms with Crippen molar-refractivity contribution in [2.45, 2.75) is 32.2 Å². The zero-order valence-corrected chi connectivity index (χ0v) is 8.30. The lowest BCUT2D eigenvalue weighted by Gasteiger charge is -2.13. The zero-order chi connectivity index (χ0) is 11.8. The van der Waals surface area contributed by atoms with Gasteiger partial charge in [-0.3, -0.25) is 0 Å². The molecule has 0 aromatic rings. The summed E-state index contributed by atoms with van der Waals surface area (Å²) in [6.45, 7) is 0.971. The van der Waals surface area contributed by atoms with E-state index >= 15 is 0 Å². The third kappa shape index (κ3) is 6.64. The maximum absolute atomic E-state index is 11.7. The number of amides is 2. The Morgan fingerprint density at radius 1 is 1.40 bits per heavy atom. The van der Waals surface area contributed by atoms with E-state index in [1.807, 2.05) is 5.32 Å². The average Bonchev–Trinajstić information content (AvgIpc) is 2.14. The number of aliphatic carboxylic acids is 1. The maximum atomic E-state index is 11.7. The molecule has 7 heteroatoms. The number of hydrogen-bond donors (Lipinski definition) is 3. The minimum Gasteiger partial charge on any atom is -0.480 e. The van der Waals surface area contributed by atoms with Crippen LogP contribution in [0.25, 0.3) is 0 Å². The first-order valence-corrected chi connectivity index (χ1v) is 4.52. The van der Waals surface area contributed by atoms with Crippen molar-refractivity contribution in [3.8, 4) is 0 Å². The Hall–Kier alpha value is -1.40. The molecular formula is C8H14F2N2O3. The molecule has 2 amide bonds. The van der Waals surface area contributed by atoms with E-state index in [9.17, 15) is 18.4 Å². The number of halogens is 2. The summed E-state index contributed by atoms with van der Waals surface area (Å²) in [4.78, 5) is 21.5. The van der Waals surface area contributed by atoms with E-state index in [0.717, 1.165) is 0 Å². The standard InChI is InChI=1S/C8H14F2N2O3/c1-2-3-5(7(13)14)12-8(15)11-4-6(9)10/h5-6H,2-4H2,1H3,(H,13,14)(H2,11,12,15). The molecule has 0 rings (SSSR count). The fraction of sp³-hybridized carbons (Fsp3) is 0.750. The molecular weight excluding hydrogens is 210 g/mol. The molecule has 0 bridgehead atoms. The van der Waals surface area contributed by atoms with Crippen molar-refractivity contribution < 1.29 is 23.5 Å². The lowest BCUT2D eigenvalue weighted by atomic mass is 10.2. The van der Waals surface area contributed by atoms with Crippen LogP contribution in [-0.4, -0.2) is 36.1 Å². The van der Waals surface area contributed by atoms with E-state index in [1.165, 1.54) is 0 Å². The molecule has 0 aliphatic rings. The summed E-state index contributed by atoms with van der Waals surface area (Å²) in [5, 5.41) is 12.6. The van der Waals surface area contributed by atoms with Crippen LogP contribution in [0.1, 0.15) is 19.8 Å². The number of carboxylic acids is 1. The SMILES string of the molecule is CCCC(NC(=O)NCC(F)F)C(=O)O. The molecule has 0 fully saturated rings. The Kier molecular flexibility index (Phi) is 6.32. The van der Waals surface area contributed by atoms with Crippen LogP contribution >= 0.6 is 0 Å². The van der Waals surface area contributed by atoms with Gasteiger partial charge in [-0.1, -0.05) is 13.3 Å². The van der Waals surface area contributed by atoms with Crippen LogP contribution < -0.4 is 10.6 Å². The van der Waals surface area contributed by atoms with Crippen LogP contribution in [0.15, 0.2) is 0 Å². The summed E-state index contributed by atoms with van der Waals surface area (Å²) in [6.07, 6.45) is -1.81. The largest absolute Gasteiger partial charge is 0.480 e. The first-order chi connectivity index (χ1) is 6.97. The lowest BCUT2D eigenvalue weighted by Crippen LogP contribution is -2.46. The molecule has 0 aromatic heterocycles. The van der Waals surface area contributed by atoms with Crippen molar-refractivity contribution in [1.82, 2.24) is 10.6 Å². The quantitative estimate of drug-likeness (QED) is 0.624. The van der Waals surface area contributed by atoms with E-state index in [-0.39, 0.29) is 6.42 Å². The van der Waals surface area contributed by atoms with Crippen LogP contribution in [0.3, 0.4) is 0 Å². The molecule has 0 heterocycles. The van der Waals surface area contributed by atoms with E-state index in [1.54, 1.807) is 6.92 Å². The second-order valence-electron chi connectivity index (χ2n) is 2.92. The Morgan fingerprint density at radius 3 is 2.40 bits per heavy atom. The van der Waals surface area contributed by atoms with Gasteiger partial charge in [0.1, 0.15) is 6.04 Å². The fourth-order valence-electron chi connectivity index (χ4n) is 0.925. The van der Waals surface area contributed by atoms with Gasteiger partial charge < -0.3 is 15.7 Å². The van der Waals surface area contributed by atoms with Crippen molar-refractivity contribution in [3.63, 3.8) is 0 Å². The highest BCUT2D eigenvalue weighted by atomic mass is 19.3. The Labute approximate surface area is 85.8 Å².